The van der Waals surface area contributed by atoms with Crippen molar-refractivity contribution in [3.05, 3.63) is 34.4 Å². The molecule has 2 rings (SSSR count). The van der Waals surface area contributed by atoms with Gasteiger partial charge < -0.3 is 11.1 Å². The van der Waals surface area contributed by atoms with Gasteiger partial charge in [0, 0.05) is 24.1 Å². The van der Waals surface area contributed by atoms with Gasteiger partial charge in [-0.3, -0.25) is 9.59 Å². The highest BCUT2D eigenvalue weighted by Gasteiger charge is 2.27. The lowest BCUT2D eigenvalue weighted by molar-refractivity contribution is 0.0980. The lowest BCUT2D eigenvalue weighted by Gasteiger charge is -2.19. The van der Waals surface area contributed by atoms with E-state index < -0.39 is 5.91 Å². The van der Waals surface area contributed by atoms with Gasteiger partial charge in [0.1, 0.15) is 0 Å². The van der Waals surface area contributed by atoms with Crippen molar-refractivity contribution in [2.24, 2.45) is 5.73 Å². The first kappa shape index (κ1) is 14.7. The van der Waals surface area contributed by atoms with Gasteiger partial charge in [0.05, 0.1) is 0 Å². The third-order valence-corrected chi connectivity index (χ3v) is 3.94. The molecule has 108 valence electrons. The first-order chi connectivity index (χ1) is 9.56. The van der Waals surface area contributed by atoms with E-state index in [1.54, 1.807) is 6.07 Å². The molecule has 0 saturated carbocycles. The van der Waals surface area contributed by atoms with E-state index >= 15 is 0 Å². The summed E-state index contributed by atoms with van der Waals surface area (Å²) in [5, 5.41) is 3.29. The first-order valence-corrected chi connectivity index (χ1v) is 7.23. The summed E-state index contributed by atoms with van der Waals surface area (Å²) < 4.78 is 0. The van der Waals surface area contributed by atoms with Crippen LogP contribution in [-0.2, 0) is 0 Å². The van der Waals surface area contributed by atoms with E-state index in [1.165, 1.54) is 0 Å². The quantitative estimate of drug-likeness (QED) is 0.808. The van der Waals surface area contributed by atoms with Crippen LogP contribution in [0.3, 0.4) is 0 Å². The Morgan fingerprint density at radius 2 is 2.15 bits per heavy atom. The highest BCUT2D eigenvalue weighted by Crippen LogP contribution is 2.32. The summed E-state index contributed by atoms with van der Waals surface area (Å²) in [6, 6.07) is 3.59. The lowest BCUT2D eigenvalue weighted by Crippen LogP contribution is -2.21. The van der Waals surface area contributed by atoms with Crippen LogP contribution in [0.4, 0.5) is 0 Å². The molecule has 1 saturated heterocycles. The van der Waals surface area contributed by atoms with Crippen molar-refractivity contribution in [3.63, 3.8) is 0 Å². The minimum absolute atomic E-state index is 0.120. The molecule has 1 heterocycles. The van der Waals surface area contributed by atoms with Crippen LogP contribution in [-0.4, -0.2) is 24.8 Å². The summed E-state index contributed by atoms with van der Waals surface area (Å²) in [5.74, 6) is -0.124. The molecular weight excluding hydrogens is 252 g/mol. The van der Waals surface area contributed by atoms with Crippen molar-refractivity contribution >= 4 is 11.7 Å². The van der Waals surface area contributed by atoms with Crippen LogP contribution >= 0.6 is 0 Å². The molecule has 1 aliphatic heterocycles. The molecular formula is C16H22N2O2. The van der Waals surface area contributed by atoms with Gasteiger partial charge in [-0.1, -0.05) is 13.0 Å². The van der Waals surface area contributed by atoms with Crippen LogP contribution in [0.1, 0.15) is 63.9 Å². The standard InChI is InChI=1S/C16H22N2O2/c1-3-4-13(19)14-10(2)5-6-12(16(17)20)15(14)11-7-8-18-9-11/h5-6,11,18H,3-4,7-9H2,1-2H3,(H2,17,20). The number of carbonyl (C=O) groups is 2. The van der Waals surface area contributed by atoms with Gasteiger partial charge in [0.25, 0.3) is 0 Å². The Kier molecular flexibility index (Phi) is 4.55. The number of ketones is 1. The highest BCUT2D eigenvalue weighted by atomic mass is 16.1. The van der Waals surface area contributed by atoms with Gasteiger partial charge in [0.15, 0.2) is 5.78 Å². The molecule has 0 spiro atoms. The molecule has 4 nitrogen and oxygen atoms in total. The number of nitrogens with two attached hydrogens (primary N) is 1. The number of nitrogens with one attached hydrogen (secondary N) is 1. The second kappa shape index (κ2) is 6.18. The van der Waals surface area contributed by atoms with Gasteiger partial charge in [-0.15, -0.1) is 0 Å². The summed E-state index contributed by atoms with van der Waals surface area (Å²) in [5.41, 5.74) is 8.53. The van der Waals surface area contributed by atoms with Crippen molar-refractivity contribution in [2.45, 2.75) is 39.0 Å². The summed E-state index contributed by atoms with van der Waals surface area (Å²) in [4.78, 5) is 24.2. The lowest BCUT2D eigenvalue weighted by atomic mass is 9.84. The molecule has 1 atom stereocenters. The number of amides is 1. The van der Waals surface area contributed by atoms with Gasteiger partial charge in [0.2, 0.25) is 5.91 Å². The summed E-state index contributed by atoms with van der Waals surface area (Å²) in [6.07, 6.45) is 2.26. The van der Waals surface area contributed by atoms with E-state index in [2.05, 4.69) is 5.32 Å². The Labute approximate surface area is 119 Å². The largest absolute Gasteiger partial charge is 0.366 e. The number of hydrogen-bond donors (Lipinski definition) is 2. The van der Waals surface area contributed by atoms with Crippen molar-refractivity contribution in [1.29, 1.82) is 0 Å². The fourth-order valence-corrected chi connectivity index (χ4v) is 2.99. The summed E-state index contributed by atoms with van der Waals surface area (Å²) in [6.45, 7) is 5.63. The Hall–Kier alpha value is -1.68. The van der Waals surface area contributed by atoms with Gasteiger partial charge in [-0.2, -0.15) is 0 Å². The Morgan fingerprint density at radius 1 is 1.40 bits per heavy atom. The maximum atomic E-state index is 12.4. The van der Waals surface area contributed by atoms with Crippen molar-refractivity contribution in [3.8, 4) is 0 Å². The van der Waals surface area contributed by atoms with E-state index in [4.69, 9.17) is 5.73 Å². The number of benzene rings is 1. The summed E-state index contributed by atoms with van der Waals surface area (Å²) in [7, 11) is 0. The number of aryl methyl sites for hydroxylation is 1. The molecule has 1 fully saturated rings. The maximum absolute atomic E-state index is 12.4. The molecule has 0 bridgehead atoms. The molecule has 0 aromatic heterocycles. The van der Waals surface area contributed by atoms with Crippen molar-refractivity contribution < 1.29 is 9.59 Å². The van der Waals surface area contributed by atoms with E-state index in [-0.39, 0.29) is 11.7 Å². The second-order valence-electron chi connectivity index (χ2n) is 5.45. The van der Waals surface area contributed by atoms with Gasteiger partial charge in [-0.25, -0.2) is 0 Å². The van der Waals surface area contributed by atoms with Crippen LogP contribution in [0, 0.1) is 6.92 Å². The van der Waals surface area contributed by atoms with E-state index in [0.717, 1.165) is 42.6 Å². The minimum atomic E-state index is -0.447. The molecule has 1 amide bonds. The third-order valence-electron chi connectivity index (χ3n) is 3.94. The predicted octanol–water partition coefficient (Wildman–Crippen LogP) is 2.15. The smallest absolute Gasteiger partial charge is 0.249 e. The number of hydrogen-bond acceptors (Lipinski definition) is 3. The zero-order chi connectivity index (χ0) is 14.7. The molecule has 0 radical (unpaired) electrons. The molecule has 1 aromatic rings. The fraction of sp³-hybridized carbons (Fsp3) is 0.500. The van der Waals surface area contributed by atoms with Crippen LogP contribution in [0.5, 0.6) is 0 Å². The zero-order valence-corrected chi connectivity index (χ0v) is 12.2. The Morgan fingerprint density at radius 3 is 2.70 bits per heavy atom. The van der Waals surface area contributed by atoms with E-state index in [9.17, 15) is 9.59 Å². The van der Waals surface area contributed by atoms with Crippen LogP contribution < -0.4 is 11.1 Å². The monoisotopic (exact) mass is 274 g/mol. The zero-order valence-electron chi connectivity index (χ0n) is 12.2. The topological polar surface area (TPSA) is 72.2 Å². The molecule has 1 aliphatic rings. The highest BCUT2D eigenvalue weighted by molar-refractivity contribution is 6.03. The van der Waals surface area contributed by atoms with Gasteiger partial charge >= 0.3 is 0 Å². The van der Waals surface area contributed by atoms with Crippen molar-refractivity contribution in [1.82, 2.24) is 5.32 Å². The first-order valence-electron chi connectivity index (χ1n) is 7.23. The minimum Gasteiger partial charge on any atom is -0.366 e. The average Bonchev–Trinajstić information content (AvgIpc) is 2.91. The van der Waals surface area contributed by atoms with Crippen molar-refractivity contribution in [2.75, 3.05) is 13.1 Å². The molecule has 1 unspecified atom stereocenters. The normalized spacial score (nSPS) is 18.2. The molecule has 0 aliphatic carbocycles. The number of rotatable bonds is 5. The van der Waals surface area contributed by atoms with Crippen LogP contribution in [0.25, 0.3) is 0 Å². The Balaban J connectivity index is 2.59. The van der Waals surface area contributed by atoms with Crippen LogP contribution in [0.15, 0.2) is 12.1 Å². The Bertz CT molecular complexity index is 532. The molecule has 1 aromatic carbocycles. The fourth-order valence-electron chi connectivity index (χ4n) is 2.99. The van der Waals surface area contributed by atoms with E-state index in [1.807, 2.05) is 19.9 Å². The SMILES string of the molecule is CCCC(=O)c1c(C)ccc(C(N)=O)c1C1CCNC1. The van der Waals surface area contributed by atoms with Gasteiger partial charge in [-0.05, 0) is 49.4 Å². The number of Topliss-reactive ketones (excluding diaryl/α,β-unsaturated/α-hetero) is 1. The molecule has 3 N–H and O–H groups in total. The third kappa shape index (κ3) is 2.75. The molecule has 4 heteroatoms. The maximum Gasteiger partial charge on any atom is 0.249 e. The second-order valence-corrected chi connectivity index (χ2v) is 5.45. The van der Waals surface area contributed by atoms with Crippen LogP contribution in [0.2, 0.25) is 0 Å². The number of primary amides is 1. The number of carbonyl (C=O) groups excluding carboxylic acids is 2. The molecule has 20 heavy (non-hydrogen) atoms. The summed E-state index contributed by atoms with van der Waals surface area (Å²) >= 11 is 0. The predicted molar refractivity (Wildman–Crippen MR) is 79.2 cm³/mol. The van der Waals surface area contributed by atoms with E-state index in [0.29, 0.717) is 12.0 Å². The average molecular weight is 274 g/mol.